The van der Waals surface area contributed by atoms with Crippen LogP contribution >= 0.6 is 0 Å². The van der Waals surface area contributed by atoms with Gasteiger partial charge in [0.2, 0.25) is 0 Å². The molecule has 1 aliphatic carbocycles. The van der Waals surface area contributed by atoms with E-state index in [1.54, 1.807) is 0 Å². The highest BCUT2D eigenvalue weighted by atomic mass is 28.3. The van der Waals surface area contributed by atoms with E-state index in [0.29, 0.717) is 5.92 Å². The van der Waals surface area contributed by atoms with Gasteiger partial charge in [0.1, 0.15) is 8.07 Å². The fourth-order valence-corrected chi connectivity index (χ4v) is 3.54. The molecule has 0 radical (unpaired) electrons. The molecule has 0 amide bonds. The van der Waals surface area contributed by atoms with Crippen LogP contribution in [0, 0.1) is 17.4 Å². The normalized spacial score (nSPS) is 16.9. The van der Waals surface area contributed by atoms with E-state index in [9.17, 15) is 9.90 Å². The molecule has 2 nitrogen and oxygen atoms in total. The lowest BCUT2D eigenvalue weighted by molar-refractivity contribution is -0.139. The van der Waals surface area contributed by atoms with Crippen molar-refractivity contribution in [1.29, 1.82) is 0 Å². The number of carbonyl (C=O) groups is 1. The van der Waals surface area contributed by atoms with Crippen LogP contribution in [0.15, 0.2) is 24.3 Å². The fraction of sp³-hybridized carbons (Fsp3) is 0.526. The Hall–Kier alpha value is -1.53. The van der Waals surface area contributed by atoms with Gasteiger partial charge in [0.15, 0.2) is 0 Å². The van der Waals surface area contributed by atoms with Crippen LogP contribution in [0.2, 0.25) is 19.6 Å². The molecule has 1 N–H and O–H groups in total. The summed E-state index contributed by atoms with van der Waals surface area (Å²) < 4.78 is 0. The first-order valence-electron chi connectivity index (χ1n) is 8.21. The smallest absolute Gasteiger partial charge is 0.310 e. The summed E-state index contributed by atoms with van der Waals surface area (Å²) in [7, 11) is -1.37. The zero-order valence-electron chi connectivity index (χ0n) is 13.9. The first-order chi connectivity index (χ1) is 10.3. The molecule has 1 unspecified atom stereocenters. The molecule has 22 heavy (non-hydrogen) atoms. The van der Waals surface area contributed by atoms with Gasteiger partial charge in [0, 0.05) is 5.56 Å². The Kier molecular flexibility index (Phi) is 5.47. The lowest BCUT2D eigenvalue weighted by Gasteiger charge is -2.17. The Morgan fingerprint density at radius 2 is 1.82 bits per heavy atom. The van der Waals surface area contributed by atoms with Gasteiger partial charge in [-0.2, -0.15) is 0 Å². The van der Waals surface area contributed by atoms with Crippen LogP contribution in [0.1, 0.15) is 49.1 Å². The quantitative estimate of drug-likeness (QED) is 0.648. The Balaban J connectivity index is 2.11. The average Bonchev–Trinajstić information content (AvgIpc) is 2.95. The minimum absolute atomic E-state index is 0.373. The number of aliphatic carboxylic acids is 1. The standard InChI is InChI=1S/C19H26O2Si/c1-22(2,3)13-12-15-8-10-17(11-9-15)18(19(20)21)14-16-6-4-5-7-16/h8-11,16,18H,4-7,14H2,1-3H3,(H,20,21). The first kappa shape index (κ1) is 16.8. The predicted octanol–water partition coefficient (Wildman–Crippen LogP) is 4.66. The number of hydrogen-bond acceptors (Lipinski definition) is 1. The van der Waals surface area contributed by atoms with Crippen molar-refractivity contribution >= 4 is 14.0 Å². The maximum Gasteiger partial charge on any atom is 0.310 e. The molecule has 1 atom stereocenters. The van der Waals surface area contributed by atoms with Crippen LogP contribution in [0.3, 0.4) is 0 Å². The van der Waals surface area contributed by atoms with E-state index in [-0.39, 0.29) is 5.92 Å². The molecule has 1 fully saturated rings. The molecule has 0 heterocycles. The minimum Gasteiger partial charge on any atom is -0.481 e. The van der Waals surface area contributed by atoms with Gasteiger partial charge in [-0.15, -0.1) is 5.54 Å². The highest BCUT2D eigenvalue weighted by molar-refractivity contribution is 6.83. The molecule has 1 aromatic carbocycles. The molecule has 0 aliphatic heterocycles. The van der Waals surface area contributed by atoms with Crippen molar-refractivity contribution in [3.8, 4) is 11.5 Å². The largest absolute Gasteiger partial charge is 0.481 e. The lowest BCUT2D eigenvalue weighted by Crippen LogP contribution is -2.16. The van der Waals surface area contributed by atoms with Gasteiger partial charge in [0.25, 0.3) is 0 Å². The molecule has 3 heteroatoms. The second-order valence-electron chi connectivity index (χ2n) is 7.40. The average molecular weight is 315 g/mol. The molecule has 2 rings (SSSR count). The van der Waals surface area contributed by atoms with Crippen LogP contribution in [-0.2, 0) is 4.79 Å². The van der Waals surface area contributed by atoms with Crippen molar-refractivity contribution < 1.29 is 9.90 Å². The summed E-state index contributed by atoms with van der Waals surface area (Å²) in [4.78, 5) is 11.6. The van der Waals surface area contributed by atoms with Crippen molar-refractivity contribution in [2.75, 3.05) is 0 Å². The molecule has 0 spiro atoms. The lowest BCUT2D eigenvalue weighted by atomic mass is 9.87. The molecule has 1 aliphatic rings. The van der Waals surface area contributed by atoms with Crippen molar-refractivity contribution in [2.24, 2.45) is 5.92 Å². The van der Waals surface area contributed by atoms with Gasteiger partial charge in [0.05, 0.1) is 5.92 Å². The Labute approximate surface area is 135 Å². The third-order valence-electron chi connectivity index (χ3n) is 4.24. The highest BCUT2D eigenvalue weighted by Crippen LogP contribution is 2.34. The van der Waals surface area contributed by atoms with Crippen molar-refractivity contribution in [2.45, 2.75) is 57.7 Å². The Morgan fingerprint density at radius 3 is 2.32 bits per heavy atom. The van der Waals surface area contributed by atoms with Crippen molar-refractivity contribution in [1.82, 2.24) is 0 Å². The monoisotopic (exact) mass is 314 g/mol. The predicted molar refractivity (Wildman–Crippen MR) is 93.6 cm³/mol. The summed E-state index contributed by atoms with van der Waals surface area (Å²) >= 11 is 0. The van der Waals surface area contributed by atoms with Gasteiger partial charge in [-0.3, -0.25) is 4.79 Å². The van der Waals surface area contributed by atoms with E-state index in [1.165, 1.54) is 25.7 Å². The van der Waals surface area contributed by atoms with E-state index in [0.717, 1.165) is 17.5 Å². The second kappa shape index (κ2) is 7.15. The van der Waals surface area contributed by atoms with Gasteiger partial charge >= 0.3 is 5.97 Å². The second-order valence-corrected chi connectivity index (χ2v) is 12.1. The van der Waals surface area contributed by atoms with E-state index in [2.05, 4.69) is 31.1 Å². The Bertz CT molecular complexity index is 566. The topological polar surface area (TPSA) is 37.3 Å². The maximum absolute atomic E-state index is 11.6. The van der Waals surface area contributed by atoms with Crippen LogP contribution in [0.5, 0.6) is 0 Å². The van der Waals surface area contributed by atoms with Crippen molar-refractivity contribution in [3.63, 3.8) is 0 Å². The summed E-state index contributed by atoms with van der Waals surface area (Å²) in [6.07, 6.45) is 5.65. The maximum atomic E-state index is 11.6. The van der Waals surface area contributed by atoms with Crippen LogP contribution in [0.25, 0.3) is 0 Å². The summed E-state index contributed by atoms with van der Waals surface area (Å²) in [6, 6.07) is 7.82. The van der Waals surface area contributed by atoms with Gasteiger partial charge < -0.3 is 5.11 Å². The Morgan fingerprint density at radius 1 is 1.23 bits per heavy atom. The van der Waals surface area contributed by atoms with E-state index >= 15 is 0 Å². The molecule has 0 bridgehead atoms. The van der Waals surface area contributed by atoms with Gasteiger partial charge in [-0.25, -0.2) is 0 Å². The fourth-order valence-electron chi connectivity index (χ4n) is 3.02. The molecule has 1 aromatic rings. The van der Waals surface area contributed by atoms with E-state index in [4.69, 9.17) is 0 Å². The number of hydrogen-bond donors (Lipinski definition) is 1. The molecular weight excluding hydrogens is 288 g/mol. The van der Waals surface area contributed by atoms with E-state index in [1.807, 2.05) is 24.3 Å². The molecule has 0 saturated heterocycles. The van der Waals surface area contributed by atoms with Gasteiger partial charge in [-0.05, 0) is 30.0 Å². The zero-order chi connectivity index (χ0) is 16.2. The van der Waals surface area contributed by atoms with E-state index < -0.39 is 14.0 Å². The molecule has 118 valence electrons. The van der Waals surface area contributed by atoms with Crippen molar-refractivity contribution in [3.05, 3.63) is 35.4 Å². The minimum atomic E-state index is -1.37. The SMILES string of the molecule is C[Si](C)(C)C#Cc1ccc(C(CC2CCCC2)C(=O)O)cc1. The van der Waals surface area contributed by atoms with Crippen LogP contribution in [0.4, 0.5) is 0 Å². The number of benzene rings is 1. The first-order valence-corrected chi connectivity index (χ1v) is 11.7. The molecule has 0 aromatic heterocycles. The summed E-state index contributed by atoms with van der Waals surface area (Å²) in [5, 5.41) is 9.54. The summed E-state index contributed by atoms with van der Waals surface area (Å²) in [6.45, 7) is 6.66. The van der Waals surface area contributed by atoms with Crippen LogP contribution < -0.4 is 0 Å². The highest BCUT2D eigenvalue weighted by Gasteiger charge is 2.26. The molecule has 1 saturated carbocycles. The number of carboxylic acids is 1. The number of rotatable bonds is 4. The van der Waals surface area contributed by atoms with Gasteiger partial charge in [-0.1, -0.05) is 63.4 Å². The zero-order valence-corrected chi connectivity index (χ0v) is 14.9. The summed E-state index contributed by atoms with van der Waals surface area (Å²) in [5.41, 5.74) is 5.24. The van der Waals surface area contributed by atoms with Crippen LogP contribution in [-0.4, -0.2) is 19.1 Å². The molecular formula is C19H26O2Si. The third kappa shape index (κ3) is 5.03. The summed E-state index contributed by atoms with van der Waals surface area (Å²) in [5.74, 6) is 2.72. The number of carboxylic acid groups (broad SMARTS) is 1. The third-order valence-corrected chi connectivity index (χ3v) is 5.11.